The number of carbonyl (C=O) groups is 2. The molecule has 0 aliphatic carbocycles. The number of aromatic amines is 1. The summed E-state index contributed by atoms with van der Waals surface area (Å²) in [7, 11) is 0. The van der Waals surface area contributed by atoms with Crippen LogP contribution >= 0.6 is 0 Å². The highest BCUT2D eigenvalue weighted by molar-refractivity contribution is 5.97. The Hall–Kier alpha value is -4.52. The van der Waals surface area contributed by atoms with Crippen LogP contribution in [0.2, 0.25) is 0 Å². The van der Waals surface area contributed by atoms with E-state index in [-0.39, 0.29) is 34.7 Å². The molecule has 2 amide bonds. The molecule has 0 fully saturated rings. The monoisotopic (exact) mass is 543 g/mol. The third kappa shape index (κ3) is 4.34. The number of aromatic nitrogens is 3. The average molecular weight is 543 g/mol. The Bertz CT molecular complexity index is 1600. The summed E-state index contributed by atoms with van der Waals surface area (Å²) in [6, 6.07) is 9.88. The number of halogens is 4. The molecule has 39 heavy (non-hydrogen) atoms. The second-order valence-electron chi connectivity index (χ2n) is 9.40. The fourth-order valence-corrected chi connectivity index (χ4v) is 4.33. The Balaban J connectivity index is 1.59. The molecule has 9 nitrogen and oxygen atoms in total. The number of nitrogens with one attached hydrogen (secondary N) is 2. The summed E-state index contributed by atoms with van der Waals surface area (Å²) in [5.74, 6) is -2.38. The van der Waals surface area contributed by atoms with Crippen molar-refractivity contribution in [2.75, 3.05) is 13.2 Å². The van der Waals surface area contributed by atoms with Gasteiger partial charge in [0.15, 0.2) is 0 Å². The van der Waals surface area contributed by atoms with Gasteiger partial charge in [-0.2, -0.15) is 13.2 Å². The average Bonchev–Trinajstić information content (AvgIpc) is 3.51. The highest BCUT2D eigenvalue weighted by Gasteiger charge is 2.57. The number of benzene rings is 2. The van der Waals surface area contributed by atoms with Gasteiger partial charge in [0, 0.05) is 16.7 Å². The van der Waals surface area contributed by atoms with Crippen molar-refractivity contribution in [3.05, 3.63) is 77.5 Å². The van der Waals surface area contributed by atoms with Gasteiger partial charge in [-0.15, -0.1) is 0 Å². The predicted octanol–water partition coefficient (Wildman–Crippen LogP) is 3.08. The lowest BCUT2D eigenvalue weighted by molar-refractivity contribution is -0.265. The number of nitrogens with zero attached hydrogens (tertiary/aromatic N) is 2. The molecule has 5 rings (SSSR count). The number of hydrogen-bond acceptors (Lipinski definition) is 6. The minimum Gasteiger partial charge on any atom is -0.489 e. The number of aliphatic hydroxyl groups is 1. The van der Waals surface area contributed by atoms with E-state index in [1.165, 1.54) is 43.6 Å². The summed E-state index contributed by atoms with van der Waals surface area (Å²) in [4.78, 5) is 35.9. The van der Waals surface area contributed by atoms with Crippen LogP contribution in [0, 0.1) is 5.82 Å². The number of hydrogen-bond donors (Lipinski definition) is 4. The highest BCUT2D eigenvalue weighted by atomic mass is 19.4. The van der Waals surface area contributed by atoms with Crippen LogP contribution in [-0.2, 0) is 15.8 Å². The zero-order valence-corrected chi connectivity index (χ0v) is 20.3. The number of nitrogens with two attached hydrogens (primary N) is 1. The quantitative estimate of drug-likeness (QED) is 0.275. The topological polar surface area (TPSA) is 143 Å². The van der Waals surface area contributed by atoms with E-state index in [2.05, 4.69) is 20.3 Å². The minimum atomic E-state index is -5.32. The van der Waals surface area contributed by atoms with Crippen molar-refractivity contribution in [3.63, 3.8) is 0 Å². The van der Waals surface area contributed by atoms with Gasteiger partial charge in [-0.05, 0) is 55.5 Å². The van der Waals surface area contributed by atoms with Gasteiger partial charge in [0.05, 0.1) is 29.6 Å². The van der Waals surface area contributed by atoms with Crippen molar-refractivity contribution in [2.24, 2.45) is 5.73 Å². The molecule has 202 valence electrons. The molecule has 5 N–H and O–H groups in total. The Kier molecular flexibility index (Phi) is 6.06. The number of primary amides is 1. The molecular formula is C26H21F4N5O4. The maximum atomic E-state index is 14.5. The number of carbonyl (C=O) groups excluding carboxylic acids is 2. The first-order valence-electron chi connectivity index (χ1n) is 11.6. The summed E-state index contributed by atoms with van der Waals surface area (Å²) in [6.45, 7) is -0.202. The van der Waals surface area contributed by atoms with E-state index >= 15 is 0 Å². The van der Waals surface area contributed by atoms with Gasteiger partial charge in [0.25, 0.3) is 5.91 Å². The van der Waals surface area contributed by atoms with Crippen LogP contribution in [-0.4, -0.2) is 51.2 Å². The lowest BCUT2D eigenvalue weighted by Gasteiger charge is -2.31. The zero-order valence-electron chi connectivity index (χ0n) is 20.3. The lowest BCUT2D eigenvalue weighted by atomic mass is 9.81. The lowest BCUT2D eigenvalue weighted by Crippen LogP contribution is -2.51. The van der Waals surface area contributed by atoms with Crippen molar-refractivity contribution in [1.82, 2.24) is 20.3 Å². The van der Waals surface area contributed by atoms with E-state index in [1.54, 1.807) is 0 Å². The van der Waals surface area contributed by atoms with E-state index in [9.17, 15) is 32.3 Å². The maximum Gasteiger partial charge on any atom is 0.424 e. The summed E-state index contributed by atoms with van der Waals surface area (Å²) in [5, 5.41) is 13.2. The fourth-order valence-electron chi connectivity index (χ4n) is 4.33. The largest absolute Gasteiger partial charge is 0.489 e. The van der Waals surface area contributed by atoms with Crippen LogP contribution in [0.3, 0.4) is 0 Å². The molecule has 3 heterocycles. The van der Waals surface area contributed by atoms with Crippen molar-refractivity contribution in [3.8, 4) is 17.0 Å². The standard InChI is InChI=1S/C26H21F4N5O4/c1-24(23(31)37)11-39-21-16(24)9-19(35-20(21)13-2-5-15(27)6-3-13)25(38,26(28,29)30)10-32-22(36)14-4-7-17-18(8-14)34-12-33-17/h2-9,12,38H,10-11H2,1H3,(H2,31,37)(H,32,36)(H,33,34)/t24-,25-/m0/s1. The summed E-state index contributed by atoms with van der Waals surface area (Å²) in [5.41, 5.74) is 0.464. The van der Waals surface area contributed by atoms with Gasteiger partial charge in [0.2, 0.25) is 11.5 Å². The zero-order chi connectivity index (χ0) is 28.2. The van der Waals surface area contributed by atoms with Crippen molar-refractivity contribution < 1.29 is 37.0 Å². The first kappa shape index (κ1) is 26.1. The number of imidazole rings is 1. The van der Waals surface area contributed by atoms with Gasteiger partial charge >= 0.3 is 6.18 Å². The molecular weight excluding hydrogens is 522 g/mol. The van der Waals surface area contributed by atoms with Gasteiger partial charge in [-0.3, -0.25) is 9.59 Å². The van der Waals surface area contributed by atoms with Crippen molar-refractivity contribution >= 4 is 22.8 Å². The van der Waals surface area contributed by atoms with Gasteiger partial charge < -0.3 is 25.9 Å². The third-order valence-electron chi connectivity index (χ3n) is 6.81. The van der Waals surface area contributed by atoms with Gasteiger partial charge in [-0.25, -0.2) is 14.4 Å². The van der Waals surface area contributed by atoms with Crippen LogP contribution in [0.1, 0.15) is 28.5 Å². The molecule has 0 radical (unpaired) electrons. The predicted molar refractivity (Wildman–Crippen MR) is 130 cm³/mol. The number of H-pyrrole nitrogens is 1. The van der Waals surface area contributed by atoms with E-state index in [0.717, 1.165) is 18.2 Å². The molecule has 0 unspecified atom stereocenters. The SMILES string of the molecule is C[C@]1(C(N)=O)COc2c1cc([C@@](O)(CNC(=O)c1ccc3nc[nH]c3c1)C(F)(F)F)nc2-c1ccc(F)cc1. The molecule has 1 aliphatic rings. The Morgan fingerprint density at radius 3 is 2.56 bits per heavy atom. The minimum absolute atomic E-state index is 0.0203. The van der Waals surface area contributed by atoms with Crippen LogP contribution in [0.5, 0.6) is 5.75 Å². The van der Waals surface area contributed by atoms with Gasteiger partial charge in [0.1, 0.15) is 29.3 Å². The molecule has 0 saturated carbocycles. The Labute approximate surface area is 218 Å². The Morgan fingerprint density at radius 1 is 1.18 bits per heavy atom. The van der Waals surface area contributed by atoms with Crippen molar-refractivity contribution in [2.45, 2.75) is 24.1 Å². The molecule has 0 saturated heterocycles. The molecule has 2 aromatic carbocycles. The number of fused-ring (bicyclic) bond motifs is 2. The number of ether oxygens (including phenoxy) is 1. The van der Waals surface area contributed by atoms with Crippen LogP contribution < -0.4 is 15.8 Å². The molecule has 1 aliphatic heterocycles. The van der Waals surface area contributed by atoms with Crippen molar-refractivity contribution in [1.29, 1.82) is 0 Å². The second kappa shape index (κ2) is 9.05. The molecule has 0 spiro atoms. The normalized spacial score (nSPS) is 18.3. The van der Waals surface area contributed by atoms with E-state index in [1.807, 2.05) is 0 Å². The number of amides is 2. The first-order valence-corrected chi connectivity index (χ1v) is 11.6. The van der Waals surface area contributed by atoms with Crippen LogP contribution in [0.4, 0.5) is 17.6 Å². The molecule has 2 atom stereocenters. The van der Waals surface area contributed by atoms with Gasteiger partial charge in [-0.1, -0.05) is 0 Å². The first-order chi connectivity index (χ1) is 18.3. The van der Waals surface area contributed by atoms with Crippen LogP contribution in [0.15, 0.2) is 54.9 Å². The van der Waals surface area contributed by atoms with E-state index in [0.29, 0.717) is 11.0 Å². The smallest absolute Gasteiger partial charge is 0.424 e. The summed E-state index contributed by atoms with van der Waals surface area (Å²) >= 11 is 0. The summed E-state index contributed by atoms with van der Waals surface area (Å²) in [6.07, 6.45) is -3.92. The number of alkyl halides is 3. The Morgan fingerprint density at radius 2 is 1.90 bits per heavy atom. The molecule has 4 aromatic rings. The van der Waals surface area contributed by atoms with E-state index < -0.39 is 47.1 Å². The molecule has 0 bridgehead atoms. The maximum absolute atomic E-state index is 14.5. The van der Waals surface area contributed by atoms with Crippen LogP contribution in [0.25, 0.3) is 22.3 Å². The molecule has 2 aromatic heterocycles. The second-order valence-corrected chi connectivity index (χ2v) is 9.40. The third-order valence-corrected chi connectivity index (χ3v) is 6.81. The van der Waals surface area contributed by atoms with E-state index in [4.69, 9.17) is 10.5 Å². The fraction of sp³-hybridized carbons (Fsp3) is 0.231. The number of rotatable bonds is 6. The molecule has 13 heteroatoms. The summed E-state index contributed by atoms with van der Waals surface area (Å²) < 4.78 is 62.6. The number of pyridine rings is 1. The highest BCUT2D eigenvalue weighted by Crippen LogP contribution is 2.47.